The first-order valence-electron chi connectivity index (χ1n) is 8.92. The number of carbonyl (C=O) groups excluding carboxylic acids is 2. The minimum atomic E-state index is -0.417. The van der Waals surface area contributed by atoms with E-state index in [4.69, 9.17) is 0 Å². The Hall–Kier alpha value is -1.34. The van der Waals surface area contributed by atoms with Crippen LogP contribution in [-0.4, -0.2) is 47.8 Å². The number of nitrogens with zero attached hydrogens (tertiary/aromatic N) is 2. The molecule has 3 aliphatic rings. The molecule has 0 N–H and O–H groups in total. The van der Waals surface area contributed by atoms with E-state index in [0.717, 1.165) is 32.5 Å². The molecule has 4 heteroatoms. The first-order valence-corrected chi connectivity index (χ1v) is 8.92. The fourth-order valence-corrected chi connectivity index (χ4v) is 4.47. The third-order valence-corrected chi connectivity index (χ3v) is 6.62. The minimum absolute atomic E-state index is 0.0118. The number of imide groups is 1. The summed E-state index contributed by atoms with van der Waals surface area (Å²) < 4.78 is 0. The first-order chi connectivity index (χ1) is 10.9. The largest absolute Gasteiger partial charge is 0.292 e. The lowest BCUT2D eigenvalue weighted by Gasteiger charge is -2.47. The number of fused-ring (bicyclic) bond motifs is 2. The fourth-order valence-electron chi connectivity index (χ4n) is 4.47. The first kappa shape index (κ1) is 16.5. The Morgan fingerprint density at radius 3 is 2.39 bits per heavy atom. The molecule has 23 heavy (non-hydrogen) atoms. The standard InChI is InChI=1S/C19H28N2O2/c1-18(2)15-9-10-19(18,3)17(23)21(16(15)22)14-8-7-13-20-11-5-4-6-12-20/h15H,4-6,9-14H2,1-3H3. The van der Waals surface area contributed by atoms with Gasteiger partial charge in [-0.25, -0.2) is 0 Å². The zero-order chi connectivity index (χ0) is 16.7. The molecule has 2 aliphatic heterocycles. The summed E-state index contributed by atoms with van der Waals surface area (Å²) in [5.41, 5.74) is -0.654. The van der Waals surface area contributed by atoms with Crippen molar-refractivity contribution in [2.45, 2.75) is 52.9 Å². The summed E-state index contributed by atoms with van der Waals surface area (Å²) in [6.07, 6.45) is 5.45. The van der Waals surface area contributed by atoms with Crippen molar-refractivity contribution in [3.8, 4) is 11.8 Å². The third kappa shape index (κ3) is 2.59. The van der Waals surface area contributed by atoms with Gasteiger partial charge in [0.25, 0.3) is 0 Å². The summed E-state index contributed by atoms with van der Waals surface area (Å²) in [6, 6.07) is 0. The number of hydrogen-bond acceptors (Lipinski definition) is 3. The van der Waals surface area contributed by atoms with Crippen molar-refractivity contribution in [1.29, 1.82) is 0 Å². The number of piperidine rings is 2. The maximum absolute atomic E-state index is 12.9. The van der Waals surface area contributed by atoms with Gasteiger partial charge in [0.05, 0.1) is 18.5 Å². The average molecular weight is 316 g/mol. The lowest BCUT2D eigenvalue weighted by Crippen LogP contribution is -2.59. The van der Waals surface area contributed by atoms with Crippen LogP contribution in [0.2, 0.25) is 0 Å². The van der Waals surface area contributed by atoms with Crippen LogP contribution in [0.15, 0.2) is 0 Å². The van der Waals surface area contributed by atoms with E-state index >= 15 is 0 Å². The molecule has 1 aliphatic carbocycles. The molecule has 0 aromatic rings. The van der Waals surface area contributed by atoms with Crippen LogP contribution in [0.3, 0.4) is 0 Å². The number of hydrogen-bond donors (Lipinski definition) is 0. The molecule has 2 unspecified atom stereocenters. The molecule has 2 atom stereocenters. The molecule has 2 saturated heterocycles. The Balaban J connectivity index is 1.65. The summed E-state index contributed by atoms with van der Waals surface area (Å²) in [4.78, 5) is 29.3. The fraction of sp³-hybridized carbons (Fsp3) is 0.789. The SMILES string of the molecule is CC12CCC(C(=O)N(CC#CCN3CCCCC3)C1=O)C2(C)C. The van der Waals surface area contributed by atoms with Crippen molar-refractivity contribution in [3.63, 3.8) is 0 Å². The zero-order valence-electron chi connectivity index (χ0n) is 14.7. The molecule has 2 amide bonds. The van der Waals surface area contributed by atoms with Crippen LogP contribution >= 0.6 is 0 Å². The van der Waals surface area contributed by atoms with Gasteiger partial charge < -0.3 is 0 Å². The minimum Gasteiger partial charge on any atom is -0.292 e. The van der Waals surface area contributed by atoms with Crippen molar-refractivity contribution < 1.29 is 9.59 Å². The Morgan fingerprint density at radius 1 is 1.04 bits per heavy atom. The van der Waals surface area contributed by atoms with Gasteiger partial charge in [0, 0.05) is 5.92 Å². The number of rotatable bonds is 2. The third-order valence-electron chi connectivity index (χ3n) is 6.62. The topological polar surface area (TPSA) is 40.6 Å². The van der Waals surface area contributed by atoms with Gasteiger partial charge in [0.1, 0.15) is 0 Å². The smallest absolute Gasteiger partial charge is 0.236 e. The highest BCUT2D eigenvalue weighted by molar-refractivity contribution is 6.04. The van der Waals surface area contributed by atoms with Gasteiger partial charge >= 0.3 is 0 Å². The van der Waals surface area contributed by atoms with E-state index in [9.17, 15) is 9.59 Å². The van der Waals surface area contributed by atoms with Gasteiger partial charge in [-0.3, -0.25) is 19.4 Å². The van der Waals surface area contributed by atoms with Crippen molar-refractivity contribution in [2.24, 2.45) is 16.7 Å². The molecule has 3 fully saturated rings. The van der Waals surface area contributed by atoms with Gasteiger partial charge in [-0.1, -0.05) is 39.0 Å². The van der Waals surface area contributed by atoms with Crippen LogP contribution in [-0.2, 0) is 9.59 Å². The number of amides is 2. The van der Waals surface area contributed by atoms with E-state index in [1.165, 1.54) is 24.2 Å². The predicted octanol–water partition coefficient (Wildman–Crippen LogP) is 2.29. The Kier molecular flexibility index (Phi) is 4.27. The Bertz CT molecular complexity index is 566. The van der Waals surface area contributed by atoms with Crippen LogP contribution in [0.4, 0.5) is 0 Å². The van der Waals surface area contributed by atoms with Gasteiger partial charge in [0.15, 0.2) is 0 Å². The second-order valence-electron chi connectivity index (χ2n) is 8.06. The van der Waals surface area contributed by atoms with Crippen LogP contribution in [0, 0.1) is 28.6 Å². The summed E-state index contributed by atoms with van der Waals surface area (Å²) in [5, 5.41) is 0. The van der Waals surface area contributed by atoms with Crippen molar-refractivity contribution in [3.05, 3.63) is 0 Å². The zero-order valence-corrected chi connectivity index (χ0v) is 14.7. The second-order valence-corrected chi connectivity index (χ2v) is 8.06. The monoisotopic (exact) mass is 316 g/mol. The molecule has 0 aromatic carbocycles. The summed E-state index contributed by atoms with van der Waals surface area (Å²) >= 11 is 0. The van der Waals surface area contributed by atoms with E-state index in [1.807, 2.05) is 6.92 Å². The Labute approximate surface area is 139 Å². The molecule has 3 rings (SSSR count). The van der Waals surface area contributed by atoms with Crippen LogP contribution < -0.4 is 0 Å². The highest BCUT2D eigenvalue weighted by atomic mass is 16.2. The van der Waals surface area contributed by atoms with Gasteiger partial charge in [-0.15, -0.1) is 0 Å². The van der Waals surface area contributed by atoms with Crippen LogP contribution in [0.5, 0.6) is 0 Å². The van der Waals surface area contributed by atoms with Crippen LogP contribution in [0.1, 0.15) is 52.9 Å². The molecule has 2 bridgehead atoms. The highest BCUT2D eigenvalue weighted by Gasteiger charge is 2.64. The molecule has 2 heterocycles. The van der Waals surface area contributed by atoms with E-state index in [0.29, 0.717) is 0 Å². The summed E-state index contributed by atoms with van der Waals surface area (Å²) in [7, 11) is 0. The average Bonchev–Trinajstić information content (AvgIpc) is 2.72. The van der Waals surface area contributed by atoms with Crippen molar-refractivity contribution >= 4 is 11.8 Å². The normalized spacial score (nSPS) is 33.5. The number of likely N-dealkylation sites (tertiary alicyclic amines) is 2. The summed E-state index contributed by atoms with van der Waals surface area (Å²) in [6.45, 7) is 9.40. The maximum atomic E-state index is 12.9. The molecule has 0 radical (unpaired) electrons. The van der Waals surface area contributed by atoms with Gasteiger partial charge in [-0.05, 0) is 44.2 Å². The van der Waals surface area contributed by atoms with Gasteiger partial charge in [-0.2, -0.15) is 0 Å². The van der Waals surface area contributed by atoms with Crippen LogP contribution in [0.25, 0.3) is 0 Å². The Morgan fingerprint density at radius 2 is 1.70 bits per heavy atom. The maximum Gasteiger partial charge on any atom is 0.236 e. The molecule has 4 nitrogen and oxygen atoms in total. The van der Waals surface area contributed by atoms with E-state index < -0.39 is 5.41 Å². The van der Waals surface area contributed by atoms with E-state index in [2.05, 4.69) is 30.6 Å². The second kappa shape index (κ2) is 5.94. The summed E-state index contributed by atoms with van der Waals surface area (Å²) in [5.74, 6) is 6.16. The number of carbonyl (C=O) groups is 2. The van der Waals surface area contributed by atoms with Crippen molar-refractivity contribution in [2.75, 3.05) is 26.2 Å². The lowest BCUT2D eigenvalue weighted by atomic mass is 9.62. The molecule has 1 saturated carbocycles. The van der Waals surface area contributed by atoms with Crippen molar-refractivity contribution in [1.82, 2.24) is 9.80 Å². The molecule has 0 spiro atoms. The molecule has 0 aromatic heterocycles. The molecular weight excluding hydrogens is 288 g/mol. The van der Waals surface area contributed by atoms with E-state index in [-0.39, 0.29) is 29.7 Å². The highest BCUT2D eigenvalue weighted by Crippen LogP contribution is 2.59. The predicted molar refractivity (Wildman–Crippen MR) is 89.4 cm³/mol. The van der Waals surface area contributed by atoms with Gasteiger partial charge in [0.2, 0.25) is 11.8 Å². The van der Waals surface area contributed by atoms with E-state index in [1.54, 1.807) is 0 Å². The molecular formula is C19H28N2O2. The molecule has 126 valence electrons. The quantitative estimate of drug-likeness (QED) is 0.580. The lowest BCUT2D eigenvalue weighted by molar-refractivity contribution is -0.166.